The van der Waals surface area contributed by atoms with Crippen LogP contribution in [-0.2, 0) is 4.74 Å². The highest BCUT2D eigenvalue weighted by atomic mass is 32.1. The van der Waals surface area contributed by atoms with Gasteiger partial charge >= 0.3 is 0 Å². The van der Waals surface area contributed by atoms with Gasteiger partial charge in [-0.3, -0.25) is 0 Å². The fraction of sp³-hybridized carbons (Fsp3) is 0.588. The number of ether oxygens (including phenoxy) is 1. The Labute approximate surface area is 133 Å². The first kappa shape index (κ1) is 16.2. The third-order valence-electron chi connectivity index (χ3n) is 3.97. The first-order chi connectivity index (χ1) is 10.1. The summed E-state index contributed by atoms with van der Waals surface area (Å²) < 4.78 is 5.58. The Morgan fingerprint density at radius 3 is 2.48 bits per heavy atom. The molecule has 1 fully saturated rings. The highest BCUT2D eigenvalue weighted by Crippen LogP contribution is 2.18. The lowest BCUT2D eigenvalue weighted by Gasteiger charge is -2.19. The molecule has 1 aromatic rings. The van der Waals surface area contributed by atoms with Crippen molar-refractivity contribution in [1.82, 2.24) is 10.6 Å². The molecule has 0 amide bonds. The minimum absolute atomic E-state index is 0.204. The molecule has 3 nitrogen and oxygen atoms in total. The van der Waals surface area contributed by atoms with Gasteiger partial charge in [0.05, 0.1) is 12.1 Å². The molecule has 21 heavy (non-hydrogen) atoms. The molecule has 116 valence electrons. The van der Waals surface area contributed by atoms with Crippen LogP contribution in [0.15, 0.2) is 24.3 Å². The van der Waals surface area contributed by atoms with Crippen molar-refractivity contribution in [2.45, 2.75) is 51.7 Å². The Kier molecular flexibility index (Phi) is 6.00. The van der Waals surface area contributed by atoms with Crippen LogP contribution in [0.5, 0.6) is 0 Å². The molecule has 0 spiro atoms. The summed E-state index contributed by atoms with van der Waals surface area (Å²) in [5.41, 5.74) is 2.62. The van der Waals surface area contributed by atoms with Gasteiger partial charge < -0.3 is 15.4 Å². The summed E-state index contributed by atoms with van der Waals surface area (Å²) in [5, 5.41) is 7.28. The molecule has 0 bridgehead atoms. The fourth-order valence-electron chi connectivity index (χ4n) is 2.51. The number of hydrogen-bond donors (Lipinski definition) is 2. The van der Waals surface area contributed by atoms with E-state index in [4.69, 9.17) is 17.0 Å². The smallest absolute Gasteiger partial charge is 0.166 e. The Bertz CT molecular complexity index is 452. The van der Waals surface area contributed by atoms with Crippen molar-refractivity contribution in [2.75, 3.05) is 13.2 Å². The predicted octanol–water partition coefficient (Wildman–Crippen LogP) is 3.51. The molecule has 1 aliphatic rings. The Balaban J connectivity index is 1.79. The van der Waals surface area contributed by atoms with Gasteiger partial charge in [-0.1, -0.05) is 38.1 Å². The van der Waals surface area contributed by atoms with Crippen molar-refractivity contribution in [3.8, 4) is 0 Å². The second-order valence-corrected chi connectivity index (χ2v) is 6.44. The van der Waals surface area contributed by atoms with E-state index in [0.717, 1.165) is 26.0 Å². The molecule has 2 unspecified atom stereocenters. The molecule has 0 aromatic heterocycles. The van der Waals surface area contributed by atoms with Crippen LogP contribution < -0.4 is 10.6 Å². The first-order valence-electron chi connectivity index (χ1n) is 7.82. The second kappa shape index (κ2) is 7.76. The quantitative estimate of drug-likeness (QED) is 0.816. The summed E-state index contributed by atoms with van der Waals surface area (Å²) in [5.74, 6) is 0.566. The largest absolute Gasteiger partial charge is 0.376 e. The second-order valence-electron chi connectivity index (χ2n) is 6.03. The highest BCUT2D eigenvalue weighted by Gasteiger charge is 2.15. The predicted molar refractivity (Wildman–Crippen MR) is 91.7 cm³/mol. The third-order valence-corrected chi connectivity index (χ3v) is 4.23. The average molecular weight is 306 g/mol. The summed E-state index contributed by atoms with van der Waals surface area (Å²) in [6.45, 7) is 8.22. The molecular weight excluding hydrogens is 280 g/mol. The van der Waals surface area contributed by atoms with Gasteiger partial charge in [-0.05, 0) is 49.0 Å². The summed E-state index contributed by atoms with van der Waals surface area (Å²) in [7, 11) is 0. The zero-order valence-electron chi connectivity index (χ0n) is 13.2. The summed E-state index contributed by atoms with van der Waals surface area (Å²) in [6, 6.07) is 8.95. The van der Waals surface area contributed by atoms with Crippen molar-refractivity contribution in [3.05, 3.63) is 35.4 Å². The molecular formula is C17H26N2OS. The van der Waals surface area contributed by atoms with Crippen molar-refractivity contribution in [1.29, 1.82) is 0 Å². The van der Waals surface area contributed by atoms with E-state index in [1.807, 2.05) is 0 Å². The van der Waals surface area contributed by atoms with Gasteiger partial charge in [0, 0.05) is 13.2 Å². The summed E-state index contributed by atoms with van der Waals surface area (Å²) >= 11 is 5.35. The number of rotatable bonds is 5. The Morgan fingerprint density at radius 1 is 1.24 bits per heavy atom. The molecule has 1 heterocycles. The fourth-order valence-corrected chi connectivity index (χ4v) is 2.77. The molecule has 1 saturated heterocycles. The maximum absolute atomic E-state index is 5.58. The number of hydrogen-bond acceptors (Lipinski definition) is 2. The van der Waals surface area contributed by atoms with E-state index in [-0.39, 0.29) is 6.04 Å². The molecule has 0 aliphatic carbocycles. The van der Waals surface area contributed by atoms with E-state index in [2.05, 4.69) is 55.7 Å². The zero-order valence-corrected chi connectivity index (χ0v) is 14.0. The minimum Gasteiger partial charge on any atom is -0.376 e. The van der Waals surface area contributed by atoms with Crippen LogP contribution >= 0.6 is 12.2 Å². The molecule has 1 aromatic carbocycles. The number of thiocarbonyl (C=S) groups is 1. The Morgan fingerprint density at radius 2 is 1.90 bits per heavy atom. The van der Waals surface area contributed by atoms with Crippen LogP contribution in [0.4, 0.5) is 0 Å². The van der Waals surface area contributed by atoms with Crippen LogP contribution in [-0.4, -0.2) is 24.4 Å². The lowest BCUT2D eigenvalue weighted by molar-refractivity contribution is 0.114. The van der Waals surface area contributed by atoms with Crippen molar-refractivity contribution < 1.29 is 4.74 Å². The van der Waals surface area contributed by atoms with Gasteiger partial charge in [0.15, 0.2) is 5.11 Å². The minimum atomic E-state index is 0.204. The van der Waals surface area contributed by atoms with E-state index in [0.29, 0.717) is 17.1 Å². The zero-order chi connectivity index (χ0) is 15.2. The molecule has 2 rings (SSSR count). The van der Waals surface area contributed by atoms with Gasteiger partial charge in [0.2, 0.25) is 0 Å². The average Bonchev–Trinajstić information content (AvgIpc) is 2.98. The Hall–Kier alpha value is -1.13. The molecule has 1 aliphatic heterocycles. The molecule has 4 heteroatoms. The molecule has 2 N–H and O–H groups in total. The number of nitrogens with one attached hydrogen (secondary N) is 2. The maximum Gasteiger partial charge on any atom is 0.166 e. The monoisotopic (exact) mass is 306 g/mol. The van der Waals surface area contributed by atoms with E-state index >= 15 is 0 Å². The van der Waals surface area contributed by atoms with Crippen LogP contribution in [0.25, 0.3) is 0 Å². The molecule has 0 radical (unpaired) electrons. The van der Waals surface area contributed by atoms with Crippen LogP contribution in [0, 0.1) is 0 Å². The van der Waals surface area contributed by atoms with Gasteiger partial charge in [-0.2, -0.15) is 0 Å². The van der Waals surface area contributed by atoms with Gasteiger partial charge in [-0.15, -0.1) is 0 Å². The lowest BCUT2D eigenvalue weighted by Crippen LogP contribution is -2.40. The van der Waals surface area contributed by atoms with Crippen molar-refractivity contribution in [2.24, 2.45) is 0 Å². The van der Waals surface area contributed by atoms with E-state index in [1.165, 1.54) is 11.1 Å². The third kappa shape index (κ3) is 4.97. The lowest BCUT2D eigenvalue weighted by atomic mass is 10.00. The van der Waals surface area contributed by atoms with E-state index in [9.17, 15) is 0 Å². The van der Waals surface area contributed by atoms with Gasteiger partial charge in [-0.25, -0.2) is 0 Å². The van der Waals surface area contributed by atoms with Crippen molar-refractivity contribution in [3.63, 3.8) is 0 Å². The van der Waals surface area contributed by atoms with Crippen molar-refractivity contribution >= 4 is 17.3 Å². The number of benzene rings is 1. The van der Waals surface area contributed by atoms with Crippen LogP contribution in [0.3, 0.4) is 0 Å². The van der Waals surface area contributed by atoms with E-state index in [1.54, 1.807) is 0 Å². The highest BCUT2D eigenvalue weighted by molar-refractivity contribution is 7.80. The summed E-state index contributed by atoms with van der Waals surface area (Å²) in [4.78, 5) is 0. The molecule has 2 atom stereocenters. The maximum atomic E-state index is 5.58. The standard InChI is InChI=1S/C17H26N2OS/c1-12(2)14-6-8-15(9-7-14)13(3)19-17(21)18-11-16-5-4-10-20-16/h6-9,12-13,16H,4-5,10-11H2,1-3H3,(H2,18,19,21). The van der Waals surface area contributed by atoms with Gasteiger partial charge in [0.1, 0.15) is 0 Å². The normalized spacial score (nSPS) is 19.5. The van der Waals surface area contributed by atoms with Gasteiger partial charge in [0.25, 0.3) is 0 Å². The molecule has 0 saturated carbocycles. The topological polar surface area (TPSA) is 33.3 Å². The first-order valence-corrected chi connectivity index (χ1v) is 8.23. The summed E-state index contributed by atoms with van der Waals surface area (Å²) in [6.07, 6.45) is 2.60. The van der Waals surface area contributed by atoms with Crippen LogP contribution in [0.2, 0.25) is 0 Å². The SMILES string of the molecule is CC(C)c1ccc(C(C)NC(=S)NCC2CCCO2)cc1. The van der Waals surface area contributed by atoms with E-state index < -0.39 is 0 Å². The van der Waals surface area contributed by atoms with Crippen LogP contribution in [0.1, 0.15) is 56.7 Å².